The van der Waals surface area contributed by atoms with Crippen LogP contribution in [0.25, 0.3) is 0 Å². The van der Waals surface area contributed by atoms with Crippen molar-refractivity contribution >= 4 is 0 Å². The highest BCUT2D eigenvalue weighted by atomic mass is 16.3. The second kappa shape index (κ2) is 3.68. The second-order valence-electron chi connectivity index (χ2n) is 3.32. The molecule has 1 heterocycles. The molecule has 2 heteroatoms. The zero-order valence-corrected chi connectivity index (χ0v) is 8.10. The molecule has 0 radical (unpaired) electrons. The number of hydrogen-bond donors (Lipinski definition) is 1. The van der Waals surface area contributed by atoms with Gasteiger partial charge in [-0.2, -0.15) is 0 Å². The summed E-state index contributed by atoms with van der Waals surface area (Å²) in [6.45, 7) is 1.93. The maximum absolute atomic E-state index is 6.10. The average molecular weight is 187 g/mol. The maximum atomic E-state index is 6.10. The van der Waals surface area contributed by atoms with Crippen molar-refractivity contribution in [3.63, 3.8) is 0 Å². The Bertz CT molecular complexity index is 405. The molecular weight excluding hydrogens is 174 g/mol. The summed E-state index contributed by atoms with van der Waals surface area (Å²) in [4.78, 5) is 0. The molecule has 72 valence electrons. The van der Waals surface area contributed by atoms with Crippen LogP contribution in [0.5, 0.6) is 0 Å². The van der Waals surface area contributed by atoms with Crippen LogP contribution in [0.4, 0.5) is 0 Å². The highest BCUT2D eigenvalue weighted by molar-refractivity contribution is 5.31. The van der Waals surface area contributed by atoms with E-state index in [4.69, 9.17) is 10.2 Å². The minimum absolute atomic E-state index is 0.0880. The van der Waals surface area contributed by atoms with Crippen LogP contribution in [0, 0.1) is 6.92 Å². The normalized spacial score (nSPS) is 12.7. The number of rotatable bonds is 2. The molecule has 14 heavy (non-hydrogen) atoms. The smallest absolute Gasteiger partial charge is 0.105 e. The molecule has 0 saturated carbocycles. The molecule has 2 nitrogen and oxygen atoms in total. The molecule has 0 fully saturated rings. The molecule has 0 aliphatic carbocycles. The van der Waals surface area contributed by atoms with Crippen LogP contribution >= 0.6 is 0 Å². The third-order valence-electron chi connectivity index (χ3n) is 2.39. The molecule has 2 rings (SSSR count). The van der Waals surface area contributed by atoms with Gasteiger partial charge in [0, 0.05) is 5.56 Å². The van der Waals surface area contributed by atoms with Gasteiger partial charge in [-0.3, -0.25) is 0 Å². The first-order valence-electron chi connectivity index (χ1n) is 4.63. The van der Waals surface area contributed by atoms with Gasteiger partial charge in [0.1, 0.15) is 5.76 Å². The van der Waals surface area contributed by atoms with Crippen molar-refractivity contribution in [2.24, 2.45) is 5.73 Å². The van der Waals surface area contributed by atoms with E-state index >= 15 is 0 Å². The van der Waals surface area contributed by atoms with E-state index in [1.54, 1.807) is 6.26 Å². The van der Waals surface area contributed by atoms with Crippen molar-refractivity contribution in [1.82, 2.24) is 0 Å². The van der Waals surface area contributed by atoms with Crippen LogP contribution in [0.15, 0.2) is 47.1 Å². The fourth-order valence-electron chi connectivity index (χ4n) is 1.56. The molecule has 0 aliphatic rings. The monoisotopic (exact) mass is 187 g/mol. The first-order valence-corrected chi connectivity index (χ1v) is 4.63. The summed E-state index contributed by atoms with van der Waals surface area (Å²) in [5, 5.41) is 0. The summed E-state index contributed by atoms with van der Waals surface area (Å²) in [6, 6.07) is 11.9. The van der Waals surface area contributed by atoms with E-state index in [9.17, 15) is 0 Å². The van der Waals surface area contributed by atoms with Crippen molar-refractivity contribution in [3.8, 4) is 0 Å². The lowest BCUT2D eigenvalue weighted by Crippen LogP contribution is -2.11. The van der Waals surface area contributed by atoms with Gasteiger partial charge in [-0.25, -0.2) is 0 Å². The number of hydrogen-bond acceptors (Lipinski definition) is 2. The molecule has 0 saturated heterocycles. The summed E-state index contributed by atoms with van der Waals surface area (Å²) < 4.78 is 5.23. The minimum atomic E-state index is -0.0880. The zero-order valence-electron chi connectivity index (χ0n) is 8.10. The highest BCUT2D eigenvalue weighted by Gasteiger charge is 2.12. The molecule has 0 bridgehead atoms. The molecule has 0 spiro atoms. The van der Waals surface area contributed by atoms with Gasteiger partial charge in [0.25, 0.3) is 0 Å². The lowest BCUT2D eigenvalue weighted by molar-refractivity contribution is 0.527. The van der Waals surface area contributed by atoms with Gasteiger partial charge in [0.15, 0.2) is 0 Å². The third-order valence-corrected chi connectivity index (χ3v) is 2.39. The molecule has 0 aliphatic heterocycles. The van der Waals surface area contributed by atoms with Gasteiger partial charge in [-0.1, -0.05) is 30.3 Å². The first-order chi connectivity index (χ1) is 6.79. The van der Waals surface area contributed by atoms with Gasteiger partial charge in [-0.05, 0) is 18.6 Å². The van der Waals surface area contributed by atoms with Gasteiger partial charge in [-0.15, -0.1) is 0 Å². The molecule has 2 N–H and O–H groups in total. The van der Waals surface area contributed by atoms with Crippen molar-refractivity contribution in [2.45, 2.75) is 13.0 Å². The molecule has 1 unspecified atom stereocenters. The second-order valence-corrected chi connectivity index (χ2v) is 3.32. The Morgan fingerprint density at radius 2 is 1.86 bits per heavy atom. The summed E-state index contributed by atoms with van der Waals surface area (Å²) in [5.41, 5.74) is 8.26. The Kier molecular flexibility index (Phi) is 2.37. The van der Waals surface area contributed by atoms with Crippen LogP contribution in [0.3, 0.4) is 0 Å². The van der Waals surface area contributed by atoms with Gasteiger partial charge in [0.05, 0.1) is 12.3 Å². The topological polar surface area (TPSA) is 39.2 Å². The molecular formula is C12H13NO. The lowest BCUT2D eigenvalue weighted by Gasteiger charge is -2.10. The van der Waals surface area contributed by atoms with Gasteiger partial charge < -0.3 is 10.2 Å². The van der Waals surface area contributed by atoms with E-state index < -0.39 is 0 Å². The fourth-order valence-corrected chi connectivity index (χ4v) is 1.56. The van der Waals surface area contributed by atoms with E-state index in [1.807, 2.05) is 43.3 Å². The lowest BCUT2D eigenvalue weighted by atomic mass is 10.0. The summed E-state index contributed by atoms with van der Waals surface area (Å²) >= 11 is 0. The fraction of sp³-hybridized carbons (Fsp3) is 0.167. The first kappa shape index (κ1) is 9.03. The predicted octanol–water partition coefficient (Wildman–Crippen LogP) is 2.64. The number of aryl methyl sites for hydroxylation is 1. The van der Waals surface area contributed by atoms with Gasteiger partial charge >= 0.3 is 0 Å². The SMILES string of the molecule is Cc1occc1C(N)c1ccccc1. The van der Waals surface area contributed by atoms with E-state index in [0.29, 0.717) is 0 Å². The van der Waals surface area contributed by atoms with Crippen LogP contribution in [0.1, 0.15) is 22.9 Å². The van der Waals surface area contributed by atoms with E-state index in [0.717, 1.165) is 16.9 Å². The zero-order chi connectivity index (χ0) is 9.97. The summed E-state index contributed by atoms with van der Waals surface area (Å²) in [6.07, 6.45) is 1.67. The van der Waals surface area contributed by atoms with Crippen molar-refractivity contribution < 1.29 is 4.42 Å². The van der Waals surface area contributed by atoms with Crippen LogP contribution in [-0.4, -0.2) is 0 Å². The molecule has 1 aromatic carbocycles. The van der Waals surface area contributed by atoms with Gasteiger partial charge in [0.2, 0.25) is 0 Å². The number of furan rings is 1. The Hall–Kier alpha value is -1.54. The van der Waals surface area contributed by atoms with E-state index in [-0.39, 0.29) is 6.04 Å². The van der Waals surface area contributed by atoms with Crippen molar-refractivity contribution in [2.75, 3.05) is 0 Å². The third kappa shape index (κ3) is 1.56. The summed E-state index contributed by atoms with van der Waals surface area (Å²) in [5.74, 6) is 0.890. The standard InChI is InChI=1S/C12H13NO/c1-9-11(7-8-14-9)12(13)10-5-3-2-4-6-10/h2-8,12H,13H2,1H3. The van der Waals surface area contributed by atoms with Crippen LogP contribution < -0.4 is 5.73 Å². The Morgan fingerprint density at radius 3 is 2.43 bits per heavy atom. The van der Waals surface area contributed by atoms with Crippen LogP contribution in [0.2, 0.25) is 0 Å². The quantitative estimate of drug-likeness (QED) is 0.785. The van der Waals surface area contributed by atoms with Crippen molar-refractivity contribution in [1.29, 1.82) is 0 Å². The number of nitrogens with two attached hydrogens (primary N) is 1. The Labute approximate surface area is 83.4 Å². The highest BCUT2D eigenvalue weighted by Crippen LogP contribution is 2.22. The Morgan fingerprint density at radius 1 is 1.14 bits per heavy atom. The van der Waals surface area contributed by atoms with Crippen LogP contribution in [-0.2, 0) is 0 Å². The molecule has 1 atom stereocenters. The predicted molar refractivity (Wildman–Crippen MR) is 55.9 cm³/mol. The Balaban J connectivity index is 2.34. The maximum Gasteiger partial charge on any atom is 0.105 e. The minimum Gasteiger partial charge on any atom is -0.469 e. The molecule has 2 aromatic rings. The van der Waals surface area contributed by atoms with Crippen molar-refractivity contribution in [3.05, 3.63) is 59.5 Å². The average Bonchev–Trinajstić information content (AvgIpc) is 2.65. The van der Waals surface area contributed by atoms with E-state index in [1.165, 1.54) is 0 Å². The number of benzene rings is 1. The summed E-state index contributed by atoms with van der Waals surface area (Å²) in [7, 11) is 0. The van der Waals surface area contributed by atoms with E-state index in [2.05, 4.69) is 0 Å². The molecule has 1 aromatic heterocycles. The largest absolute Gasteiger partial charge is 0.469 e. The molecule has 0 amide bonds.